The van der Waals surface area contributed by atoms with Crippen LogP contribution in [0.15, 0.2) is 24.3 Å². The fraction of sp³-hybridized carbons (Fsp3) is 0.696. The van der Waals surface area contributed by atoms with Crippen molar-refractivity contribution in [2.45, 2.75) is 57.5 Å². The van der Waals surface area contributed by atoms with Gasteiger partial charge >= 0.3 is 0 Å². The highest BCUT2D eigenvalue weighted by molar-refractivity contribution is 5.79. The zero-order chi connectivity index (χ0) is 18.7. The van der Waals surface area contributed by atoms with Gasteiger partial charge in [0.25, 0.3) is 0 Å². The van der Waals surface area contributed by atoms with Crippen LogP contribution < -0.4 is 0 Å². The molecule has 0 radical (unpaired) electrons. The van der Waals surface area contributed by atoms with E-state index in [4.69, 9.17) is 9.47 Å². The van der Waals surface area contributed by atoms with E-state index in [1.165, 1.54) is 18.4 Å². The Balaban J connectivity index is 1.26. The van der Waals surface area contributed by atoms with Crippen LogP contribution in [0.5, 0.6) is 0 Å². The van der Waals surface area contributed by atoms with Crippen LogP contribution in [-0.4, -0.2) is 49.3 Å². The minimum absolute atomic E-state index is 0.0115. The summed E-state index contributed by atoms with van der Waals surface area (Å²) >= 11 is 0. The quantitative estimate of drug-likeness (QED) is 0.685. The van der Waals surface area contributed by atoms with Crippen LogP contribution in [-0.2, 0) is 20.7 Å². The third kappa shape index (κ3) is 4.55. The van der Waals surface area contributed by atoms with Crippen LogP contribution in [0.25, 0.3) is 0 Å². The molecule has 1 saturated carbocycles. The predicted octanol–water partition coefficient (Wildman–Crippen LogP) is 3.75. The lowest BCUT2D eigenvalue weighted by atomic mass is 9.78. The van der Waals surface area contributed by atoms with Crippen LogP contribution in [0.4, 0.5) is 0 Å². The van der Waals surface area contributed by atoms with Crippen molar-refractivity contribution in [1.82, 2.24) is 4.90 Å². The molecule has 0 bridgehead atoms. The Labute approximate surface area is 163 Å². The number of hydrogen-bond acceptors (Lipinski definition) is 3. The first-order valence-electron chi connectivity index (χ1n) is 10.7. The van der Waals surface area contributed by atoms with E-state index in [1.807, 2.05) is 17.0 Å². The van der Waals surface area contributed by atoms with Crippen molar-refractivity contribution in [2.75, 3.05) is 32.9 Å². The number of benzene rings is 1. The summed E-state index contributed by atoms with van der Waals surface area (Å²) < 4.78 is 12.1. The maximum atomic E-state index is 12.8. The minimum atomic E-state index is -0.0115. The predicted molar refractivity (Wildman–Crippen MR) is 106 cm³/mol. The summed E-state index contributed by atoms with van der Waals surface area (Å²) in [6.45, 7) is 6.40. The fourth-order valence-corrected chi connectivity index (χ4v) is 4.72. The first-order chi connectivity index (χ1) is 13.2. The van der Waals surface area contributed by atoms with E-state index in [0.717, 1.165) is 70.1 Å². The van der Waals surface area contributed by atoms with E-state index in [-0.39, 0.29) is 11.5 Å². The molecule has 27 heavy (non-hydrogen) atoms. The third-order valence-corrected chi connectivity index (χ3v) is 6.83. The average Bonchev–Trinajstić information content (AvgIpc) is 3.43. The molecule has 2 saturated heterocycles. The van der Waals surface area contributed by atoms with E-state index in [1.54, 1.807) is 0 Å². The molecular weight excluding hydrogens is 338 g/mol. The maximum Gasteiger partial charge on any atom is 0.227 e. The lowest BCUT2D eigenvalue weighted by Crippen LogP contribution is -2.50. The molecule has 3 aliphatic rings. The molecule has 3 fully saturated rings. The van der Waals surface area contributed by atoms with Gasteiger partial charge in [-0.25, -0.2) is 0 Å². The van der Waals surface area contributed by atoms with E-state index in [0.29, 0.717) is 12.3 Å². The van der Waals surface area contributed by atoms with Gasteiger partial charge in [0.05, 0.1) is 12.0 Å². The maximum absolute atomic E-state index is 12.8. The number of nitrogens with zero attached hydrogens (tertiary/aromatic N) is 1. The largest absolute Gasteiger partial charge is 0.381 e. The second-order valence-corrected chi connectivity index (χ2v) is 8.69. The molecule has 1 amide bonds. The highest BCUT2D eigenvalue weighted by Gasteiger charge is 2.46. The summed E-state index contributed by atoms with van der Waals surface area (Å²) in [6.07, 6.45) is 7.40. The van der Waals surface area contributed by atoms with Crippen LogP contribution in [0.2, 0.25) is 0 Å². The van der Waals surface area contributed by atoms with Gasteiger partial charge < -0.3 is 14.4 Å². The monoisotopic (exact) mass is 371 g/mol. The molecule has 0 aromatic heterocycles. The van der Waals surface area contributed by atoms with Crippen molar-refractivity contribution in [3.8, 4) is 0 Å². The molecule has 4 rings (SSSR count). The molecule has 0 N–H and O–H groups in total. The Morgan fingerprint density at radius 1 is 1.22 bits per heavy atom. The van der Waals surface area contributed by atoms with Crippen LogP contribution >= 0.6 is 0 Å². The lowest BCUT2D eigenvalue weighted by Gasteiger charge is -2.42. The highest BCUT2D eigenvalue weighted by atomic mass is 16.5. The lowest BCUT2D eigenvalue weighted by molar-refractivity contribution is -0.137. The molecule has 4 nitrogen and oxygen atoms in total. The Morgan fingerprint density at radius 2 is 2.00 bits per heavy atom. The molecule has 1 aromatic carbocycles. The van der Waals surface area contributed by atoms with Crippen LogP contribution in [0, 0.1) is 18.8 Å². The molecule has 1 aliphatic carbocycles. The van der Waals surface area contributed by atoms with Gasteiger partial charge in [0.1, 0.15) is 0 Å². The Morgan fingerprint density at radius 3 is 2.74 bits per heavy atom. The van der Waals surface area contributed by atoms with Crippen molar-refractivity contribution in [2.24, 2.45) is 11.8 Å². The second-order valence-electron chi connectivity index (χ2n) is 8.69. The number of likely N-dealkylation sites (tertiary alicyclic amines) is 1. The van der Waals surface area contributed by atoms with Crippen molar-refractivity contribution in [3.63, 3.8) is 0 Å². The first-order valence-corrected chi connectivity index (χ1v) is 10.7. The Kier molecular flexibility index (Phi) is 5.84. The summed E-state index contributed by atoms with van der Waals surface area (Å²) in [4.78, 5) is 14.8. The van der Waals surface area contributed by atoms with Crippen LogP contribution in [0.3, 0.4) is 0 Å². The van der Waals surface area contributed by atoms with E-state index >= 15 is 0 Å². The van der Waals surface area contributed by atoms with Crippen molar-refractivity contribution in [1.29, 1.82) is 0 Å². The summed E-state index contributed by atoms with van der Waals surface area (Å²) in [5.41, 5.74) is 2.33. The number of piperidine rings is 1. The zero-order valence-electron chi connectivity index (χ0n) is 16.6. The number of carbonyl (C=O) groups is 1. The van der Waals surface area contributed by atoms with Crippen molar-refractivity contribution >= 4 is 5.91 Å². The molecule has 148 valence electrons. The van der Waals surface area contributed by atoms with Gasteiger partial charge in [-0.15, -0.1) is 0 Å². The normalized spacial score (nSPS) is 24.5. The molecule has 2 aliphatic heterocycles. The third-order valence-electron chi connectivity index (χ3n) is 6.83. The molecule has 1 atom stereocenters. The Bertz CT molecular complexity index is 647. The van der Waals surface area contributed by atoms with Gasteiger partial charge in [-0.2, -0.15) is 0 Å². The molecule has 1 spiro atoms. The SMILES string of the molecule is Cc1ccccc1CC(=O)N1CCC2(CC1)OCC[C@H]2CCOCC1CC1. The molecule has 2 heterocycles. The molecule has 0 unspecified atom stereocenters. The van der Waals surface area contributed by atoms with E-state index in [9.17, 15) is 4.79 Å². The van der Waals surface area contributed by atoms with Gasteiger partial charge in [-0.1, -0.05) is 24.3 Å². The number of hydrogen-bond donors (Lipinski definition) is 0. The molecule has 4 heteroatoms. The summed E-state index contributed by atoms with van der Waals surface area (Å²) in [7, 11) is 0. The smallest absolute Gasteiger partial charge is 0.227 e. The fourth-order valence-electron chi connectivity index (χ4n) is 4.72. The van der Waals surface area contributed by atoms with Gasteiger partial charge in [-0.3, -0.25) is 4.79 Å². The standard InChI is InChI=1S/C23H33NO3/c1-18-4-2-3-5-20(18)16-22(25)24-12-10-23(11-13-24)21(9-15-27-23)8-14-26-17-19-6-7-19/h2-5,19,21H,6-17H2,1H3/t21-/m1/s1. The first kappa shape index (κ1) is 18.9. The van der Waals surface area contributed by atoms with E-state index in [2.05, 4.69) is 19.1 Å². The van der Waals surface area contributed by atoms with E-state index < -0.39 is 0 Å². The van der Waals surface area contributed by atoms with Gasteiger partial charge in [0.15, 0.2) is 0 Å². The van der Waals surface area contributed by atoms with Gasteiger partial charge in [0.2, 0.25) is 5.91 Å². The Hall–Kier alpha value is -1.39. The van der Waals surface area contributed by atoms with Crippen LogP contribution in [0.1, 0.15) is 49.7 Å². The number of rotatable bonds is 7. The summed E-state index contributed by atoms with van der Waals surface area (Å²) in [6, 6.07) is 8.19. The topological polar surface area (TPSA) is 38.8 Å². The number of ether oxygens (including phenoxy) is 2. The molecule has 1 aromatic rings. The molecular formula is C23H33NO3. The second kappa shape index (κ2) is 8.32. The average molecular weight is 372 g/mol. The minimum Gasteiger partial charge on any atom is -0.381 e. The van der Waals surface area contributed by atoms with Gasteiger partial charge in [0, 0.05) is 32.9 Å². The summed E-state index contributed by atoms with van der Waals surface area (Å²) in [5.74, 6) is 1.67. The zero-order valence-corrected chi connectivity index (χ0v) is 16.6. The highest BCUT2D eigenvalue weighted by Crippen LogP contribution is 2.42. The van der Waals surface area contributed by atoms with Crippen molar-refractivity contribution < 1.29 is 14.3 Å². The van der Waals surface area contributed by atoms with Gasteiger partial charge in [-0.05, 0) is 68.4 Å². The number of aryl methyl sites for hydroxylation is 1. The number of carbonyl (C=O) groups excluding carboxylic acids is 1. The summed E-state index contributed by atoms with van der Waals surface area (Å²) in [5, 5.41) is 0. The van der Waals surface area contributed by atoms with Crippen molar-refractivity contribution in [3.05, 3.63) is 35.4 Å². The number of amides is 1.